The summed E-state index contributed by atoms with van der Waals surface area (Å²) in [6, 6.07) is -2.19. The number of carbonyl (C=O) groups is 2. The quantitative estimate of drug-likeness (QED) is 0.434. The minimum atomic E-state index is -4.82. The number of hydroxylamine groups is 2. The standard InChI is InChI=1S/C13H20N4O6S/c1-8-6-10-7-16(13(19)17(10)23-24(20,21)22)11(8)12(18)15-9-2-4-14-5-3-9/h6,9-11,14H,2-5,7H2,1H3,(H,15,18)(H,20,21,22). The van der Waals surface area contributed by atoms with E-state index in [0.29, 0.717) is 10.6 Å². The molecule has 2 saturated heterocycles. The van der Waals surface area contributed by atoms with E-state index in [1.165, 1.54) is 4.90 Å². The maximum atomic E-state index is 12.6. The summed E-state index contributed by atoms with van der Waals surface area (Å²) in [4.78, 5) is 26.2. The van der Waals surface area contributed by atoms with Gasteiger partial charge in [0, 0.05) is 6.04 Å². The molecule has 2 fully saturated rings. The molecule has 11 heteroatoms. The number of piperidine rings is 1. The van der Waals surface area contributed by atoms with E-state index in [9.17, 15) is 18.0 Å². The highest BCUT2D eigenvalue weighted by Crippen LogP contribution is 2.30. The van der Waals surface area contributed by atoms with Crippen molar-refractivity contribution in [2.75, 3.05) is 19.6 Å². The molecule has 0 spiro atoms. The molecule has 0 aromatic heterocycles. The summed E-state index contributed by atoms with van der Waals surface area (Å²) in [7, 11) is -4.82. The van der Waals surface area contributed by atoms with E-state index in [-0.39, 0.29) is 18.5 Å². The number of rotatable bonds is 4. The third kappa shape index (κ3) is 3.38. The van der Waals surface area contributed by atoms with Crippen LogP contribution in [0.4, 0.5) is 4.79 Å². The fraction of sp³-hybridized carbons (Fsp3) is 0.692. The molecule has 3 N–H and O–H groups in total. The van der Waals surface area contributed by atoms with Crippen LogP contribution in [0.2, 0.25) is 0 Å². The number of fused-ring (bicyclic) bond motifs is 2. The molecule has 2 atom stereocenters. The highest BCUT2D eigenvalue weighted by Gasteiger charge is 2.49. The molecule has 0 aliphatic carbocycles. The second-order valence-electron chi connectivity index (χ2n) is 6.18. The van der Waals surface area contributed by atoms with Crippen LogP contribution < -0.4 is 10.6 Å². The van der Waals surface area contributed by atoms with Crippen molar-refractivity contribution < 1.29 is 26.8 Å². The average molecular weight is 360 g/mol. The van der Waals surface area contributed by atoms with E-state index in [1.807, 2.05) is 0 Å². The zero-order chi connectivity index (χ0) is 17.5. The Kier molecular flexibility index (Phi) is 4.51. The zero-order valence-corrected chi connectivity index (χ0v) is 14.0. The highest BCUT2D eigenvalue weighted by atomic mass is 32.3. The SMILES string of the molecule is CC1=CC2CN(C(=O)N2OS(=O)(=O)O)C1C(=O)NC1CCNCC1. The predicted octanol–water partition coefficient (Wildman–Crippen LogP) is -0.976. The first kappa shape index (κ1) is 17.1. The van der Waals surface area contributed by atoms with Crippen molar-refractivity contribution in [1.82, 2.24) is 20.6 Å². The van der Waals surface area contributed by atoms with Gasteiger partial charge in [0.2, 0.25) is 5.91 Å². The maximum absolute atomic E-state index is 12.6. The Morgan fingerprint density at radius 3 is 2.71 bits per heavy atom. The van der Waals surface area contributed by atoms with E-state index in [0.717, 1.165) is 25.9 Å². The number of carbonyl (C=O) groups excluding carboxylic acids is 2. The van der Waals surface area contributed by atoms with Gasteiger partial charge < -0.3 is 15.5 Å². The van der Waals surface area contributed by atoms with Gasteiger partial charge in [-0.15, -0.1) is 4.28 Å². The smallest absolute Gasteiger partial charge is 0.351 e. The number of nitrogens with zero attached hydrogens (tertiary/aromatic N) is 2. The molecule has 3 aliphatic heterocycles. The van der Waals surface area contributed by atoms with Crippen molar-refractivity contribution in [1.29, 1.82) is 0 Å². The van der Waals surface area contributed by atoms with Gasteiger partial charge in [0.1, 0.15) is 6.04 Å². The number of hydrogen-bond donors (Lipinski definition) is 3. The summed E-state index contributed by atoms with van der Waals surface area (Å²) in [6.07, 6.45) is 3.24. The minimum Gasteiger partial charge on any atom is -0.351 e. The predicted molar refractivity (Wildman–Crippen MR) is 81.9 cm³/mol. The Balaban J connectivity index is 1.74. The van der Waals surface area contributed by atoms with Crippen LogP contribution >= 0.6 is 0 Å². The Labute approximate surface area is 139 Å². The van der Waals surface area contributed by atoms with E-state index < -0.39 is 28.5 Å². The molecule has 0 radical (unpaired) electrons. The summed E-state index contributed by atoms with van der Waals surface area (Å²) in [6.45, 7) is 3.47. The van der Waals surface area contributed by atoms with Gasteiger partial charge in [-0.2, -0.15) is 13.5 Å². The van der Waals surface area contributed by atoms with Crippen LogP contribution in [0, 0.1) is 0 Å². The Hall–Kier alpha value is -1.69. The minimum absolute atomic E-state index is 0.0483. The van der Waals surface area contributed by atoms with Gasteiger partial charge in [-0.1, -0.05) is 6.08 Å². The van der Waals surface area contributed by atoms with Crippen LogP contribution in [0.25, 0.3) is 0 Å². The lowest BCUT2D eigenvalue weighted by Crippen LogP contribution is -2.53. The second-order valence-corrected chi connectivity index (χ2v) is 7.18. The highest BCUT2D eigenvalue weighted by molar-refractivity contribution is 7.80. The van der Waals surface area contributed by atoms with Crippen LogP contribution in [-0.4, -0.2) is 72.6 Å². The maximum Gasteiger partial charge on any atom is 0.418 e. The normalized spacial score (nSPS) is 28.1. The molecule has 3 rings (SSSR count). The molecule has 24 heavy (non-hydrogen) atoms. The molecular weight excluding hydrogens is 340 g/mol. The zero-order valence-electron chi connectivity index (χ0n) is 13.1. The van der Waals surface area contributed by atoms with Gasteiger partial charge in [0.05, 0.1) is 12.6 Å². The van der Waals surface area contributed by atoms with E-state index in [4.69, 9.17) is 4.55 Å². The summed E-state index contributed by atoms with van der Waals surface area (Å²) >= 11 is 0. The molecule has 0 saturated carbocycles. The third-order valence-electron chi connectivity index (χ3n) is 4.43. The topological polar surface area (TPSA) is 128 Å². The lowest BCUT2D eigenvalue weighted by Gasteiger charge is -2.32. The number of nitrogens with one attached hydrogen (secondary N) is 2. The number of amides is 3. The van der Waals surface area contributed by atoms with E-state index >= 15 is 0 Å². The van der Waals surface area contributed by atoms with Gasteiger partial charge in [-0.25, -0.2) is 4.79 Å². The fourth-order valence-corrected chi connectivity index (χ4v) is 3.76. The van der Waals surface area contributed by atoms with Crippen LogP contribution in [0.5, 0.6) is 0 Å². The average Bonchev–Trinajstić information content (AvgIpc) is 2.72. The summed E-state index contributed by atoms with van der Waals surface area (Å²) < 4.78 is 34.9. The molecule has 10 nitrogen and oxygen atoms in total. The van der Waals surface area contributed by atoms with Crippen molar-refractivity contribution in [3.05, 3.63) is 11.6 Å². The van der Waals surface area contributed by atoms with Gasteiger partial charge in [-0.05, 0) is 38.4 Å². The van der Waals surface area contributed by atoms with E-state index in [1.54, 1.807) is 13.0 Å². The Morgan fingerprint density at radius 2 is 2.08 bits per heavy atom. The van der Waals surface area contributed by atoms with Crippen molar-refractivity contribution in [3.63, 3.8) is 0 Å². The summed E-state index contributed by atoms with van der Waals surface area (Å²) in [5.74, 6) is -0.295. The van der Waals surface area contributed by atoms with Gasteiger partial charge >= 0.3 is 16.4 Å². The molecule has 2 unspecified atom stereocenters. The molecule has 2 bridgehead atoms. The molecule has 0 aromatic rings. The van der Waals surface area contributed by atoms with Gasteiger partial charge in [0.25, 0.3) is 0 Å². The van der Waals surface area contributed by atoms with Crippen LogP contribution in [0.3, 0.4) is 0 Å². The van der Waals surface area contributed by atoms with Crippen molar-refractivity contribution in [2.45, 2.75) is 37.9 Å². The first-order valence-electron chi connectivity index (χ1n) is 7.72. The van der Waals surface area contributed by atoms with Crippen molar-refractivity contribution in [2.24, 2.45) is 0 Å². The summed E-state index contributed by atoms with van der Waals surface area (Å²) in [5, 5.41) is 6.73. The molecule has 134 valence electrons. The van der Waals surface area contributed by atoms with Crippen LogP contribution in [-0.2, 0) is 19.5 Å². The molecular formula is C13H20N4O6S. The van der Waals surface area contributed by atoms with Crippen molar-refractivity contribution in [3.8, 4) is 0 Å². The molecule has 3 heterocycles. The summed E-state index contributed by atoms with van der Waals surface area (Å²) in [5.41, 5.74) is 0.632. The Bertz CT molecular complexity index is 672. The third-order valence-corrected chi connectivity index (χ3v) is 4.77. The van der Waals surface area contributed by atoms with Crippen LogP contribution in [0.15, 0.2) is 11.6 Å². The fourth-order valence-electron chi connectivity index (χ4n) is 3.38. The molecule has 3 aliphatic rings. The van der Waals surface area contributed by atoms with Crippen LogP contribution in [0.1, 0.15) is 19.8 Å². The number of hydrogen-bond acceptors (Lipinski definition) is 6. The van der Waals surface area contributed by atoms with Crippen molar-refractivity contribution >= 4 is 22.3 Å². The lowest BCUT2D eigenvalue weighted by atomic mass is 9.98. The Morgan fingerprint density at radius 1 is 1.42 bits per heavy atom. The van der Waals surface area contributed by atoms with Gasteiger partial charge in [-0.3, -0.25) is 9.35 Å². The molecule has 0 aromatic carbocycles. The number of urea groups is 1. The van der Waals surface area contributed by atoms with Gasteiger partial charge in [0.15, 0.2) is 0 Å². The largest absolute Gasteiger partial charge is 0.418 e. The first-order chi connectivity index (χ1) is 11.3. The first-order valence-corrected chi connectivity index (χ1v) is 9.09. The lowest BCUT2D eigenvalue weighted by molar-refractivity contribution is -0.125. The monoisotopic (exact) mass is 360 g/mol. The second kappa shape index (κ2) is 6.31. The molecule has 3 amide bonds. The van der Waals surface area contributed by atoms with E-state index in [2.05, 4.69) is 14.9 Å².